The summed E-state index contributed by atoms with van der Waals surface area (Å²) >= 11 is 3.48. The molecule has 0 radical (unpaired) electrons. The summed E-state index contributed by atoms with van der Waals surface area (Å²) in [5.41, 5.74) is 2.90. The van der Waals surface area contributed by atoms with Crippen LogP contribution in [0, 0.1) is 12.7 Å². The standard InChI is InChI=1S/C17H15BrFNO2/c1-11-6-16-17(7-15(11)18)22-10-14(21)9-20(16)8-12-2-4-13(19)5-3-12/h2-7H,8-10H2,1H3. The zero-order valence-electron chi connectivity index (χ0n) is 12.1. The molecular weight excluding hydrogens is 349 g/mol. The summed E-state index contributed by atoms with van der Waals surface area (Å²) in [5.74, 6) is 0.441. The van der Waals surface area contributed by atoms with Crippen LogP contribution in [0.5, 0.6) is 5.75 Å². The minimum absolute atomic E-state index is 0.0205. The minimum Gasteiger partial charge on any atom is -0.484 e. The van der Waals surface area contributed by atoms with Crippen molar-refractivity contribution >= 4 is 27.4 Å². The van der Waals surface area contributed by atoms with E-state index in [0.29, 0.717) is 12.3 Å². The van der Waals surface area contributed by atoms with Crippen LogP contribution in [0.3, 0.4) is 0 Å². The molecular formula is C17H15BrFNO2. The predicted octanol–water partition coefficient (Wildman–Crippen LogP) is 3.86. The minimum atomic E-state index is -0.265. The Morgan fingerprint density at radius 1 is 1.27 bits per heavy atom. The molecule has 5 heteroatoms. The Bertz CT molecular complexity index is 715. The summed E-state index contributed by atoms with van der Waals surface area (Å²) in [5, 5.41) is 0. The molecule has 0 fully saturated rings. The zero-order valence-corrected chi connectivity index (χ0v) is 13.7. The van der Waals surface area contributed by atoms with Crippen molar-refractivity contribution < 1.29 is 13.9 Å². The van der Waals surface area contributed by atoms with Crippen molar-refractivity contribution in [1.29, 1.82) is 0 Å². The summed E-state index contributed by atoms with van der Waals surface area (Å²) in [6.45, 7) is 2.88. The molecule has 2 aromatic rings. The first-order chi connectivity index (χ1) is 10.5. The Morgan fingerprint density at radius 3 is 2.73 bits per heavy atom. The lowest BCUT2D eigenvalue weighted by Gasteiger charge is -2.24. The molecule has 1 aliphatic rings. The number of carbonyl (C=O) groups excluding carboxylic acids is 1. The Balaban J connectivity index is 1.97. The van der Waals surface area contributed by atoms with Crippen LogP contribution in [0.1, 0.15) is 11.1 Å². The molecule has 0 atom stereocenters. The summed E-state index contributed by atoms with van der Waals surface area (Å²) < 4.78 is 19.6. The van der Waals surface area contributed by atoms with Crippen LogP contribution in [0.4, 0.5) is 10.1 Å². The molecule has 0 N–H and O–H groups in total. The van der Waals surface area contributed by atoms with Crippen molar-refractivity contribution in [2.75, 3.05) is 18.1 Å². The molecule has 0 spiro atoms. The van der Waals surface area contributed by atoms with Crippen molar-refractivity contribution in [2.45, 2.75) is 13.5 Å². The van der Waals surface area contributed by atoms with E-state index >= 15 is 0 Å². The van der Waals surface area contributed by atoms with Crippen LogP contribution in [0.2, 0.25) is 0 Å². The largest absolute Gasteiger partial charge is 0.484 e. The number of rotatable bonds is 2. The first-order valence-electron chi connectivity index (χ1n) is 6.97. The van der Waals surface area contributed by atoms with Crippen LogP contribution in [-0.2, 0) is 11.3 Å². The monoisotopic (exact) mass is 363 g/mol. The zero-order chi connectivity index (χ0) is 15.7. The molecule has 1 aliphatic heterocycles. The van der Waals surface area contributed by atoms with Crippen molar-refractivity contribution in [3.63, 3.8) is 0 Å². The number of ketones is 1. The summed E-state index contributed by atoms with van der Waals surface area (Å²) in [7, 11) is 0. The average Bonchev–Trinajstić information content (AvgIpc) is 2.63. The third-order valence-electron chi connectivity index (χ3n) is 3.62. The third-order valence-corrected chi connectivity index (χ3v) is 4.48. The number of Topliss-reactive ketones (excluding diaryl/α,β-unsaturated/α-hetero) is 1. The Hall–Kier alpha value is -1.88. The quantitative estimate of drug-likeness (QED) is 0.811. The van der Waals surface area contributed by atoms with Crippen molar-refractivity contribution in [1.82, 2.24) is 0 Å². The molecule has 0 aromatic heterocycles. The lowest BCUT2D eigenvalue weighted by molar-refractivity contribution is -0.119. The highest BCUT2D eigenvalue weighted by Gasteiger charge is 2.22. The van der Waals surface area contributed by atoms with Gasteiger partial charge in [-0.25, -0.2) is 4.39 Å². The SMILES string of the molecule is Cc1cc2c(cc1Br)OCC(=O)CN2Cc1ccc(F)cc1. The Labute approximate surface area is 136 Å². The van der Waals surface area contributed by atoms with E-state index in [4.69, 9.17) is 4.74 Å². The van der Waals surface area contributed by atoms with Gasteiger partial charge in [-0.2, -0.15) is 0 Å². The second kappa shape index (κ2) is 6.08. The fourth-order valence-corrected chi connectivity index (χ4v) is 2.79. The maximum absolute atomic E-state index is 13.0. The Morgan fingerprint density at radius 2 is 2.00 bits per heavy atom. The van der Waals surface area contributed by atoms with Gasteiger partial charge in [0.2, 0.25) is 0 Å². The fraction of sp³-hybridized carbons (Fsp3) is 0.235. The first kappa shape index (κ1) is 15.0. The molecule has 114 valence electrons. The molecule has 0 unspecified atom stereocenters. The summed E-state index contributed by atoms with van der Waals surface area (Å²) in [6.07, 6.45) is 0. The molecule has 0 bridgehead atoms. The van der Waals surface area contributed by atoms with Gasteiger partial charge in [0.25, 0.3) is 0 Å². The van der Waals surface area contributed by atoms with Crippen LogP contribution in [-0.4, -0.2) is 18.9 Å². The number of aryl methyl sites for hydroxylation is 1. The van der Waals surface area contributed by atoms with Crippen LogP contribution in [0.25, 0.3) is 0 Å². The van der Waals surface area contributed by atoms with E-state index < -0.39 is 0 Å². The van der Waals surface area contributed by atoms with Gasteiger partial charge in [-0.3, -0.25) is 4.79 Å². The van der Waals surface area contributed by atoms with Gasteiger partial charge in [0.15, 0.2) is 5.78 Å². The van der Waals surface area contributed by atoms with Crippen LogP contribution < -0.4 is 9.64 Å². The molecule has 0 saturated heterocycles. The van der Waals surface area contributed by atoms with E-state index in [0.717, 1.165) is 21.3 Å². The molecule has 22 heavy (non-hydrogen) atoms. The van der Waals surface area contributed by atoms with Gasteiger partial charge < -0.3 is 9.64 Å². The second-order valence-corrected chi connectivity index (χ2v) is 6.23. The van der Waals surface area contributed by atoms with E-state index in [1.807, 2.05) is 24.0 Å². The highest BCUT2D eigenvalue weighted by Crippen LogP contribution is 2.36. The molecule has 1 heterocycles. The topological polar surface area (TPSA) is 29.5 Å². The summed E-state index contributed by atoms with van der Waals surface area (Å²) in [4.78, 5) is 13.9. The van der Waals surface area contributed by atoms with Crippen molar-refractivity contribution in [3.8, 4) is 5.75 Å². The highest BCUT2D eigenvalue weighted by atomic mass is 79.9. The summed E-state index contributed by atoms with van der Waals surface area (Å²) in [6, 6.07) is 10.2. The Kier molecular flexibility index (Phi) is 4.16. The predicted molar refractivity (Wildman–Crippen MR) is 86.8 cm³/mol. The van der Waals surface area contributed by atoms with E-state index in [9.17, 15) is 9.18 Å². The lowest BCUT2D eigenvalue weighted by atomic mass is 10.1. The molecule has 0 saturated carbocycles. The van der Waals surface area contributed by atoms with Gasteiger partial charge in [-0.1, -0.05) is 28.1 Å². The van der Waals surface area contributed by atoms with E-state index in [1.165, 1.54) is 12.1 Å². The number of carbonyl (C=O) groups is 1. The van der Waals surface area contributed by atoms with Crippen LogP contribution in [0.15, 0.2) is 40.9 Å². The van der Waals surface area contributed by atoms with Gasteiger partial charge in [-0.05, 0) is 42.3 Å². The number of anilines is 1. The average molecular weight is 364 g/mol. The number of halogens is 2. The van der Waals surface area contributed by atoms with E-state index in [1.54, 1.807) is 12.1 Å². The van der Waals surface area contributed by atoms with Crippen molar-refractivity contribution in [3.05, 3.63) is 57.8 Å². The number of fused-ring (bicyclic) bond motifs is 1. The second-order valence-electron chi connectivity index (χ2n) is 5.38. The number of benzene rings is 2. The molecule has 0 amide bonds. The van der Waals surface area contributed by atoms with Gasteiger partial charge >= 0.3 is 0 Å². The number of hydrogen-bond acceptors (Lipinski definition) is 3. The third kappa shape index (κ3) is 3.14. The van der Waals surface area contributed by atoms with Crippen LogP contribution >= 0.6 is 15.9 Å². The van der Waals surface area contributed by atoms with E-state index in [2.05, 4.69) is 15.9 Å². The maximum Gasteiger partial charge on any atom is 0.189 e. The number of nitrogens with zero attached hydrogens (tertiary/aromatic N) is 1. The fourth-order valence-electron chi connectivity index (χ4n) is 2.46. The van der Waals surface area contributed by atoms with Gasteiger partial charge in [0.05, 0.1) is 12.2 Å². The van der Waals surface area contributed by atoms with E-state index in [-0.39, 0.29) is 24.8 Å². The maximum atomic E-state index is 13.0. The number of hydrogen-bond donors (Lipinski definition) is 0. The highest BCUT2D eigenvalue weighted by molar-refractivity contribution is 9.10. The first-order valence-corrected chi connectivity index (χ1v) is 7.76. The lowest BCUT2D eigenvalue weighted by Crippen LogP contribution is -2.29. The van der Waals surface area contributed by atoms with Gasteiger partial charge in [0, 0.05) is 11.0 Å². The van der Waals surface area contributed by atoms with Gasteiger partial charge in [-0.15, -0.1) is 0 Å². The van der Waals surface area contributed by atoms with Gasteiger partial charge in [0.1, 0.15) is 18.2 Å². The molecule has 3 nitrogen and oxygen atoms in total. The normalized spacial score (nSPS) is 14.3. The molecule has 3 rings (SSSR count). The van der Waals surface area contributed by atoms with Crippen molar-refractivity contribution in [2.24, 2.45) is 0 Å². The molecule has 2 aromatic carbocycles. The molecule has 0 aliphatic carbocycles. The number of ether oxygens (including phenoxy) is 1. The smallest absolute Gasteiger partial charge is 0.189 e.